The van der Waals surface area contributed by atoms with E-state index in [0.29, 0.717) is 24.3 Å². The van der Waals surface area contributed by atoms with Gasteiger partial charge in [0.15, 0.2) is 0 Å². The topological polar surface area (TPSA) is 117 Å². The first-order valence-corrected chi connectivity index (χ1v) is 10.7. The standard InChI is InChI=1S/2C9H17NO.C2H2O4/c2*1-2-6-10-8(4-1)9-5-3-7-11-9;3-1(4)2(5)6/h2*8-10H,1-7H2;(H,3,4)(H,5,6). The molecule has 0 spiro atoms. The van der Waals surface area contributed by atoms with E-state index in [1.807, 2.05) is 0 Å². The minimum Gasteiger partial charge on any atom is -0.473 e. The van der Waals surface area contributed by atoms with Crippen molar-refractivity contribution in [2.75, 3.05) is 26.3 Å². The van der Waals surface area contributed by atoms with Gasteiger partial charge in [-0.15, -0.1) is 0 Å². The van der Waals surface area contributed by atoms with Crippen LogP contribution < -0.4 is 10.6 Å². The van der Waals surface area contributed by atoms with Crippen molar-refractivity contribution in [3.63, 3.8) is 0 Å². The molecule has 162 valence electrons. The molecule has 0 radical (unpaired) electrons. The number of carboxylic acid groups (broad SMARTS) is 2. The van der Waals surface area contributed by atoms with Gasteiger partial charge >= 0.3 is 11.9 Å². The second-order valence-electron chi connectivity index (χ2n) is 7.83. The zero-order valence-electron chi connectivity index (χ0n) is 16.7. The van der Waals surface area contributed by atoms with Crippen molar-refractivity contribution in [1.82, 2.24) is 10.6 Å². The molecule has 0 aromatic carbocycles. The summed E-state index contributed by atoms with van der Waals surface area (Å²) < 4.78 is 11.3. The van der Waals surface area contributed by atoms with Crippen LogP contribution in [0.4, 0.5) is 0 Å². The van der Waals surface area contributed by atoms with E-state index in [4.69, 9.17) is 29.3 Å². The molecular weight excluding hydrogens is 364 g/mol. The Morgan fingerprint density at radius 2 is 1.07 bits per heavy atom. The first-order valence-electron chi connectivity index (χ1n) is 10.7. The Kier molecular flexibility index (Phi) is 10.8. The maximum atomic E-state index is 9.10. The molecule has 4 aliphatic rings. The fourth-order valence-electron chi connectivity index (χ4n) is 4.23. The molecule has 4 fully saturated rings. The molecule has 8 heteroatoms. The van der Waals surface area contributed by atoms with Gasteiger partial charge in [-0.1, -0.05) is 12.8 Å². The minimum absolute atomic E-state index is 0.537. The summed E-state index contributed by atoms with van der Waals surface area (Å²) >= 11 is 0. The van der Waals surface area contributed by atoms with Crippen LogP contribution in [0.5, 0.6) is 0 Å². The molecule has 0 saturated carbocycles. The number of ether oxygens (including phenoxy) is 2. The average molecular weight is 401 g/mol. The number of carbonyl (C=O) groups is 2. The van der Waals surface area contributed by atoms with Crippen molar-refractivity contribution < 1.29 is 29.3 Å². The molecule has 0 aromatic heterocycles. The maximum absolute atomic E-state index is 9.10. The van der Waals surface area contributed by atoms with Gasteiger partial charge in [-0.25, -0.2) is 9.59 Å². The molecule has 0 amide bonds. The highest BCUT2D eigenvalue weighted by Gasteiger charge is 2.27. The molecule has 28 heavy (non-hydrogen) atoms. The number of nitrogens with one attached hydrogen (secondary N) is 2. The fourth-order valence-corrected chi connectivity index (χ4v) is 4.23. The fraction of sp³-hybridized carbons (Fsp3) is 0.900. The molecule has 0 aromatic rings. The van der Waals surface area contributed by atoms with E-state index < -0.39 is 11.9 Å². The molecule has 4 heterocycles. The van der Waals surface area contributed by atoms with E-state index >= 15 is 0 Å². The Balaban J connectivity index is 0.000000158. The lowest BCUT2D eigenvalue weighted by atomic mass is 9.98. The van der Waals surface area contributed by atoms with E-state index in [1.54, 1.807) is 0 Å². The van der Waals surface area contributed by atoms with Gasteiger partial charge in [0.1, 0.15) is 0 Å². The van der Waals surface area contributed by atoms with Crippen LogP contribution in [0.1, 0.15) is 64.2 Å². The van der Waals surface area contributed by atoms with Crippen LogP contribution in [0.3, 0.4) is 0 Å². The average Bonchev–Trinajstić information content (AvgIpc) is 3.45. The Hall–Kier alpha value is -1.22. The lowest BCUT2D eigenvalue weighted by Crippen LogP contribution is -2.42. The molecule has 4 aliphatic heterocycles. The number of hydrogen-bond donors (Lipinski definition) is 4. The molecule has 4 unspecified atom stereocenters. The second-order valence-corrected chi connectivity index (χ2v) is 7.83. The number of piperidine rings is 2. The quantitative estimate of drug-likeness (QED) is 0.518. The van der Waals surface area contributed by atoms with Crippen molar-refractivity contribution in [2.24, 2.45) is 0 Å². The normalized spacial score (nSPS) is 32.4. The summed E-state index contributed by atoms with van der Waals surface area (Å²) in [7, 11) is 0. The Bertz CT molecular complexity index is 410. The minimum atomic E-state index is -1.82. The van der Waals surface area contributed by atoms with Gasteiger partial charge in [0.2, 0.25) is 0 Å². The summed E-state index contributed by atoms with van der Waals surface area (Å²) in [6, 6.07) is 1.34. The lowest BCUT2D eigenvalue weighted by molar-refractivity contribution is -0.159. The van der Waals surface area contributed by atoms with Crippen molar-refractivity contribution in [3.8, 4) is 0 Å². The van der Waals surface area contributed by atoms with Gasteiger partial charge in [-0.05, 0) is 64.5 Å². The largest absolute Gasteiger partial charge is 0.473 e. The van der Waals surface area contributed by atoms with E-state index in [2.05, 4.69) is 10.6 Å². The van der Waals surface area contributed by atoms with Crippen LogP contribution in [0.25, 0.3) is 0 Å². The van der Waals surface area contributed by atoms with Crippen molar-refractivity contribution in [3.05, 3.63) is 0 Å². The predicted molar refractivity (Wildman–Crippen MR) is 105 cm³/mol. The zero-order chi connectivity index (χ0) is 20.2. The summed E-state index contributed by atoms with van der Waals surface area (Å²) in [6.45, 7) is 4.38. The molecule has 4 saturated heterocycles. The molecular formula is C20H36N2O6. The van der Waals surface area contributed by atoms with Gasteiger partial charge in [0, 0.05) is 25.3 Å². The number of hydrogen-bond acceptors (Lipinski definition) is 6. The molecule has 0 aliphatic carbocycles. The third kappa shape index (κ3) is 8.43. The van der Waals surface area contributed by atoms with E-state index in [9.17, 15) is 0 Å². The number of rotatable bonds is 2. The summed E-state index contributed by atoms with van der Waals surface area (Å²) in [5.41, 5.74) is 0. The van der Waals surface area contributed by atoms with E-state index in [-0.39, 0.29) is 0 Å². The molecule has 8 nitrogen and oxygen atoms in total. The maximum Gasteiger partial charge on any atom is 0.414 e. The predicted octanol–water partition coefficient (Wildman–Crippen LogP) is 1.77. The number of carboxylic acids is 2. The highest BCUT2D eigenvalue weighted by atomic mass is 16.5. The second kappa shape index (κ2) is 13.1. The monoisotopic (exact) mass is 400 g/mol. The Labute approximate surface area is 167 Å². The molecule has 4 N–H and O–H groups in total. The van der Waals surface area contributed by atoms with Gasteiger partial charge in [0.25, 0.3) is 0 Å². The third-order valence-electron chi connectivity index (χ3n) is 5.71. The highest BCUT2D eigenvalue weighted by molar-refractivity contribution is 6.27. The van der Waals surface area contributed by atoms with Crippen LogP contribution >= 0.6 is 0 Å². The summed E-state index contributed by atoms with van der Waals surface area (Å²) in [6.07, 6.45) is 14.3. The van der Waals surface area contributed by atoms with Crippen LogP contribution in [-0.4, -0.2) is 72.7 Å². The van der Waals surface area contributed by atoms with Gasteiger partial charge in [-0.2, -0.15) is 0 Å². The molecule has 4 atom stereocenters. The summed E-state index contributed by atoms with van der Waals surface area (Å²) in [4.78, 5) is 18.2. The van der Waals surface area contributed by atoms with E-state index in [0.717, 1.165) is 13.2 Å². The van der Waals surface area contributed by atoms with Crippen LogP contribution in [0, 0.1) is 0 Å². The first kappa shape index (κ1) is 23.1. The summed E-state index contributed by atoms with van der Waals surface area (Å²) in [5, 5.41) is 21.9. The van der Waals surface area contributed by atoms with Crippen molar-refractivity contribution >= 4 is 11.9 Å². The van der Waals surface area contributed by atoms with Crippen molar-refractivity contribution in [1.29, 1.82) is 0 Å². The molecule has 4 rings (SSSR count). The van der Waals surface area contributed by atoms with E-state index in [1.165, 1.54) is 77.3 Å². The Morgan fingerprint density at radius 1 is 0.643 bits per heavy atom. The lowest BCUT2D eigenvalue weighted by Gasteiger charge is -2.27. The van der Waals surface area contributed by atoms with Crippen LogP contribution in [-0.2, 0) is 19.1 Å². The van der Waals surface area contributed by atoms with Crippen molar-refractivity contribution in [2.45, 2.75) is 88.5 Å². The SMILES string of the molecule is C1CCC(C2CCCO2)NC1.C1CCC(C2CCCO2)NC1.O=C(O)C(=O)O. The summed E-state index contributed by atoms with van der Waals surface area (Å²) in [5.74, 6) is -3.65. The van der Waals surface area contributed by atoms with Crippen LogP contribution in [0.15, 0.2) is 0 Å². The van der Waals surface area contributed by atoms with Gasteiger partial charge in [-0.3, -0.25) is 0 Å². The Morgan fingerprint density at radius 3 is 1.32 bits per heavy atom. The van der Waals surface area contributed by atoms with Crippen LogP contribution in [0.2, 0.25) is 0 Å². The highest BCUT2D eigenvalue weighted by Crippen LogP contribution is 2.21. The first-order chi connectivity index (χ1) is 13.6. The number of aliphatic carboxylic acids is 2. The van der Waals surface area contributed by atoms with Gasteiger partial charge < -0.3 is 30.3 Å². The zero-order valence-corrected chi connectivity index (χ0v) is 16.7. The smallest absolute Gasteiger partial charge is 0.414 e. The third-order valence-corrected chi connectivity index (χ3v) is 5.71. The molecule has 0 bridgehead atoms. The van der Waals surface area contributed by atoms with Gasteiger partial charge in [0.05, 0.1) is 12.2 Å².